The number of hydrogen-bond donors (Lipinski definition) is 3. The van der Waals surface area contributed by atoms with Crippen LogP contribution in [0, 0.1) is 13.8 Å². The van der Waals surface area contributed by atoms with Crippen LogP contribution in [0.5, 0.6) is 0 Å². The van der Waals surface area contributed by atoms with Crippen LogP contribution in [-0.2, 0) is 11.8 Å². The third kappa shape index (κ3) is 5.32. The molecule has 0 fully saturated rings. The van der Waals surface area contributed by atoms with E-state index in [9.17, 15) is 9.59 Å². The first-order valence-electron chi connectivity index (χ1n) is 9.15. The van der Waals surface area contributed by atoms with Crippen molar-refractivity contribution in [2.45, 2.75) is 13.8 Å². The second-order valence-electron chi connectivity index (χ2n) is 6.55. The topological polar surface area (TPSA) is 88.1 Å². The molecule has 7 nitrogen and oxygen atoms in total. The van der Waals surface area contributed by atoms with Gasteiger partial charge >= 0.3 is 6.03 Å². The first-order chi connectivity index (χ1) is 13.9. The molecular formula is C22H23N5O2. The van der Waals surface area contributed by atoms with Crippen molar-refractivity contribution in [2.75, 3.05) is 16.0 Å². The van der Waals surface area contributed by atoms with Crippen LogP contribution in [0.4, 0.5) is 21.9 Å². The summed E-state index contributed by atoms with van der Waals surface area (Å²) in [4.78, 5) is 24.2. The largest absolute Gasteiger partial charge is 0.323 e. The summed E-state index contributed by atoms with van der Waals surface area (Å²) < 4.78 is 1.78. The van der Waals surface area contributed by atoms with E-state index in [4.69, 9.17) is 0 Å². The van der Waals surface area contributed by atoms with E-state index >= 15 is 0 Å². The van der Waals surface area contributed by atoms with Crippen molar-refractivity contribution in [1.82, 2.24) is 9.78 Å². The van der Waals surface area contributed by atoms with Gasteiger partial charge in [0.1, 0.15) is 0 Å². The number of aryl methyl sites for hydroxylation is 2. The molecule has 0 radical (unpaired) electrons. The fourth-order valence-electron chi connectivity index (χ4n) is 2.83. The zero-order valence-corrected chi connectivity index (χ0v) is 16.6. The van der Waals surface area contributed by atoms with E-state index in [1.807, 2.05) is 39.1 Å². The summed E-state index contributed by atoms with van der Waals surface area (Å²) in [6.45, 7) is 3.86. The zero-order valence-electron chi connectivity index (χ0n) is 16.6. The van der Waals surface area contributed by atoms with Crippen LogP contribution < -0.4 is 16.0 Å². The Hall–Kier alpha value is -3.87. The maximum absolute atomic E-state index is 12.2. The van der Waals surface area contributed by atoms with Gasteiger partial charge in [-0.1, -0.05) is 18.2 Å². The summed E-state index contributed by atoms with van der Waals surface area (Å²) in [6.07, 6.45) is 3.24. The van der Waals surface area contributed by atoms with Crippen LogP contribution in [-0.4, -0.2) is 21.7 Å². The van der Waals surface area contributed by atoms with Crippen LogP contribution in [0.3, 0.4) is 0 Å². The first kappa shape index (κ1) is 19.9. The van der Waals surface area contributed by atoms with Crippen molar-refractivity contribution in [3.05, 3.63) is 77.6 Å². The number of anilines is 3. The van der Waals surface area contributed by atoms with Crippen molar-refractivity contribution in [2.24, 2.45) is 7.05 Å². The molecule has 148 valence electrons. The SMILES string of the molecule is Cc1nn(C)c(C)c1/C=C/C(=O)Nc1ccc(NC(=O)Nc2ccccc2)cc1. The lowest BCUT2D eigenvalue weighted by Gasteiger charge is -2.08. The van der Waals surface area contributed by atoms with Crippen molar-refractivity contribution in [3.8, 4) is 0 Å². The standard InChI is InChI=1S/C22H23N5O2/c1-15-20(16(2)27(3)26-15)13-14-21(28)23-18-9-11-19(12-10-18)25-22(29)24-17-7-5-4-6-8-17/h4-14H,1-3H3,(H,23,28)(H2,24,25,29)/b14-13+. The first-order valence-corrected chi connectivity index (χ1v) is 9.15. The van der Waals surface area contributed by atoms with E-state index in [0.717, 1.165) is 17.0 Å². The molecule has 0 spiro atoms. The monoisotopic (exact) mass is 389 g/mol. The molecule has 3 aromatic rings. The molecule has 0 atom stereocenters. The number of aromatic nitrogens is 2. The third-order valence-corrected chi connectivity index (χ3v) is 4.41. The second-order valence-corrected chi connectivity index (χ2v) is 6.55. The molecule has 0 saturated heterocycles. The van der Waals surface area contributed by atoms with Gasteiger partial charge in [-0.15, -0.1) is 0 Å². The molecule has 0 aliphatic carbocycles. The maximum Gasteiger partial charge on any atom is 0.323 e. The molecule has 0 aliphatic heterocycles. The van der Waals surface area contributed by atoms with Crippen molar-refractivity contribution in [3.63, 3.8) is 0 Å². The van der Waals surface area contributed by atoms with Crippen LogP contribution in [0.1, 0.15) is 17.0 Å². The van der Waals surface area contributed by atoms with Gasteiger partial charge in [0.05, 0.1) is 5.69 Å². The Morgan fingerprint density at radius 3 is 1.97 bits per heavy atom. The molecule has 2 aromatic carbocycles. The predicted molar refractivity (Wildman–Crippen MR) is 116 cm³/mol. The Bertz CT molecular complexity index is 1040. The Morgan fingerprint density at radius 2 is 1.41 bits per heavy atom. The molecule has 29 heavy (non-hydrogen) atoms. The number of rotatable bonds is 5. The molecule has 0 unspecified atom stereocenters. The molecule has 0 aliphatic rings. The Kier molecular flexibility index (Phi) is 6.09. The smallest absolute Gasteiger partial charge is 0.323 e. The molecule has 7 heteroatoms. The van der Waals surface area contributed by atoms with Crippen molar-refractivity contribution >= 4 is 35.1 Å². The molecule has 0 bridgehead atoms. The molecule has 3 N–H and O–H groups in total. The lowest BCUT2D eigenvalue weighted by Crippen LogP contribution is -2.19. The lowest BCUT2D eigenvalue weighted by atomic mass is 10.2. The van der Waals surface area contributed by atoms with E-state index < -0.39 is 0 Å². The van der Waals surface area contributed by atoms with Crippen LogP contribution in [0.2, 0.25) is 0 Å². The fraction of sp³-hybridized carbons (Fsp3) is 0.136. The van der Waals surface area contributed by atoms with Gasteiger partial charge in [-0.2, -0.15) is 5.10 Å². The summed E-state index contributed by atoms with van der Waals surface area (Å²) >= 11 is 0. The minimum atomic E-state index is -0.335. The average molecular weight is 389 g/mol. The summed E-state index contributed by atoms with van der Waals surface area (Å²) in [6, 6.07) is 15.7. The number of hydrogen-bond acceptors (Lipinski definition) is 3. The van der Waals surface area contributed by atoms with E-state index in [-0.39, 0.29) is 11.9 Å². The second kappa shape index (κ2) is 8.88. The highest BCUT2D eigenvalue weighted by Gasteiger charge is 2.07. The molecule has 1 heterocycles. The van der Waals surface area contributed by atoms with Gasteiger partial charge in [-0.05, 0) is 56.3 Å². The third-order valence-electron chi connectivity index (χ3n) is 4.41. The van der Waals surface area contributed by atoms with Gasteiger partial charge in [0.2, 0.25) is 5.91 Å². The van der Waals surface area contributed by atoms with Crippen LogP contribution >= 0.6 is 0 Å². The van der Waals surface area contributed by atoms with Gasteiger partial charge in [0.25, 0.3) is 0 Å². The molecular weight excluding hydrogens is 366 g/mol. The predicted octanol–water partition coefficient (Wildman–Crippen LogP) is 4.33. The van der Waals surface area contributed by atoms with Crippen LogP contribution in [0.25, 0.3) is 6.08 Å². The summed E-state index contributed by atoms with van der Waals surface area (Å²) in [5, 5.41) is 12.6. The number of benzene rings is 2. The Labute approximate surface area is 169 Å². The van der Waals surface area contributed by atoms with Crippen LogP contribution in [0.15, 0.2) is 60.7 Å². The number of carbonyl (C=O) groups excluding carboxylic acids is 2. The molecule has 0 saturated carbocycles. The fourth-order valence-corrected chi connectivity index (χ4v) is 2.83. The van der Waals surface area contributed by atoms with E-state index in [2.05, 4.69) is 21.0 Å². The lowest BCUT2D eigenvalue weighted by molar-refractivity contribution is -0.111. The number of para-hydroxylation sites is 1. The van der Waals surface area contributed by atoms with Gasteiger partial charge in [-0.25, -0.2) is 4.79 Å². The molecule has 1 aromatic heterocycles. The maximum atomic E-state index is 12.2. The summed E-state index contributed by atoms with van der Waals surface area (Å²) in [7, 11) is 1.87. The number of carbonyl (C=O) groups is 2. The normalized spacial score (nSPS) is 10.7. The Balaban J connectivity index is 1.55. The van der Waals surface area contributed by atoms with Gasteiger partial charge in [0.15, 0.2) is 0 Å². The highest BCUT2D eigenvalue weighted by molar-refractivity contribution is 6.02. The van der Waals surface area contributed by atoms with E-state index in [1.165, 1.54) is 6.08 Å². The summed E-state index contributed by atoms with van der Waals surface area (Å²) in [5.74, 6) is -0.241. The number of amides is 3. The Morgan fingerprint density at radius 1 is 0.862 bits per heavy atom. The average Bonchev–Trinajstić information content (AvgIpc) is 2.94. The van der Waals surface area contributed by atoms with E-state index in [0.29, 0.717) is 17.1 Å². The number of nitrogens with zero attached hydrogens (tertiary/aromatic N) is 2. The van der Waals surface area contributed by atoms with Crippen molar-refractivity contribution in [1.29, 1.82) is 0 Å². The zero-order chi connectivity index (χ0) is 20.8. The number of nitrogens with one attached hydrogen (secondary N) is 3. The molecule has 3 amide bonds. The van der Waals surface area contributed by atoms with Gasteiger partial charge in [-0.3, -0.25) is 9.48 Å². The van der Waals surface area contributed by atoms with Gasteiger partial charge < -0.3 is 16.0 Å². The highest BCUT2D eigenvalue weighted by atomic mass is 16.2. The molecule has 3 rings (SSSR count). The van der Waals surface area contributed by atoms with E-state index in [1.54, 1.807) is 47.2 Å². The highest BCUT2D eigenvalue weighted by Crippen LogP contribution is 2.16. The minimum Gasteiger partial charge on any atom is -0.323 e. The quantitative estimate of drug-likeness (QED) is 0.568. The number of urea groups is 1. The summed E-state index contributed by atoms with van der Waals surface area (Å²) in [5.41, 5.74) is 4.77. The van der Waals surface area contributed by atoms with Gasteiger partial charge in [0, 0.05) is 41.4 Å². The minimum absolute atomic E-state index is 0.241. The van der Waals surface area contributed by atoms with Crippen molar-refractivity contribution < 1.29 is 9.59 Å².